The number of hydrogen-bond acceptors (Lipinski definition) is 4. The summed E-state index contributed by atoms with van der Waals surface area (Å²) in [4.78, 5) is 3.80. The van der Waals surface area contributed by atoms with Crippen molar-refractivity contribution in [1.82, 2.24) is 4.98 Å². The van der Waals surface area contributed by atoms with E-state index in [9.17, 15) is 8.42 Å². The molecule has 0 saturated carbocycles. The van der Waals surface area contributed by atoms with Crippen LogP contribution < -0.4 is 9.46 Å². The largest absolute Gasteiger partial charge is 0.495 e. The van der Waals surface area contributed by atoms with E-state index in [1.54, 1.807) is 0 Å². The molecule has 8 heteroatoms. The minimum absolute atomic E-state index is 0.0243. The number of sulfonamides is 1. The fourth-order valence-corrected chi connectivity index (χ4v) is 3.07. The Kier molecular flexibility index (Phi) is 4.37. The average molecular weight is 333 g/mol. The summed E-state index contributed by atoms with van der Waals surface area (Å²) in [6, 6.07) is 7.09. The van der Waals surface area contributed by atoms with Crippen LogP contribution in [0.1, 0.15) is 0 Å². The van der Waals surface area contributed by atoms with E-state index >= 15 is 0 Å². The Morgan fingerprint density at radius 1 is 1.20 bits per heavy atom. The van der Waals surface area contributed by atoms with E-state index in [-0.39, 0.29) is 15.1 Å². The highest BCUT2D eigenvalue weighted by Crippen LogP contribution is 2.28. The van der Waals surface area contributed by atoms with Gasteiger partial charge in [-0.3, -0.25) is 4.72 Å². The minimum atomic E-state index is -3.75. The van der Waals surface area contributed by atoms with Gasteiger partial charge in [-0.1, -0.05) is 23.2 Å². The summed E-state index contributed by atoms with van der Waals surface area (Å²) in [7, 11) is -2.30. The van der Waals surface area contributed by atoms with E-state index in [1.807, 2.05) is 0 Å². The maximum Gasteiger partial charge on any atom is 0.261 e. The molecule has 1 N–H and O–H groups in total. The Morgan fingerprint density at radius 3 is 2.55 bits per heavy atom. The lowest BCUT2D eigenvalue weighted by atomic mass is 10.3. The van der Waals surface area contributed by atoms with Gasteiger partial charge in [-0.15, -0.1) is 0 Å². The molecule has 1 aromatic heterocycles. The Bertz CT molecular complexity index is 735. The van der Waals surface area contributed by atoms with Crippen molar-refractivity contribution < 1.29 is 13.2 Å². The molecule has 0 spiro atoms. The minimum Gasteiger partial charge on any atom is -0.495 e. The second-order valence-electron chi connectivity index (χ2n) is 3.77. The number of anilines is 1. The molecule has 2 aromatic rings. The zero-order valence-electron chi connectivity index (χ0n) is 10.3. The molecule has 0 radical (unpaired) electrons. The second kappa shape index (κ2) is 5.87. The molecule has 0 bridgehead atoms. The Hall–Kier alpha value is -1.50. The fraction of sp³-hybridized carbons (Fsp3) is 0.0833. The predicted molar refractivity (Wildman–Crippen MR) is 78.1 cm³/mol. The molecular weight excluding hydrogens is 323 g/mol. The molecule has 106 valence electrons. The second-order valence-corrected chi connectivity index (χ2v) is 6.25. The van der Waals surface area contributed by atoms with E-state index in [0.29, 0.717) is 11.4 Å². The quantitative estimate of drug-likeness (QED) is 0.873. The molecule has 1 aromatic carbocycles. The number of aromatic nitrogens is 1. The van der Waals surface area contributed by atoms with Gasteiger partial charge < -0.3 is 4.74 Å². The van der Waals surface area contributed by atoms with Gasteiger partial charge in [-0.25, -0.2) is 13.4 Å². The van der Waals surface area contributed by atoms with Crippen molar-refractivity contribution in [3.8, 4) is 5.75 Å². The van der Waals surface area contributed by atoms with Crippen LogP contribution in [0.15, 0.2) is 41.4 Å². The average Bonchev–Trinajstić information content (AvgIpc) is 2.38. The summed E-state index contributed by atoms with van der Waals surface area (Å²) in [5.74, 6) is 0.401. The molecule has 0 unspecified atom stereocenters. The highest BCUT2D eigenvalue weighted by Gasteiger charge is 2.16. The molecular formula is C12H10Cl2N2O3S. The monoisotopic (exact) mass is 332 g/mol. The molecule has 0 atom stereocenters. The zero-order valence-corrected chi connectivity index (χ0v) is 12.6. The molecule has 1 heterocycles. The number of hydrogen-bond donors (Lipinski definition) is 1. The Labute approximate surface area is 126 Å². The normalized spacial score (nSPS) is 11.2. The first kappa shape index (κ1) is 14.9. The van der Waals surface area contributed by atoms with Crippen LogP contribution in [0, 0.1) is 0 Å². The van der Waals surface area contributed by atoms with E-state index in [0.717, 1.165) is 0 Å². The lowest BCUT2D eigenvalue weighted by Gasteiger charge is -2.09. The van der Waals surface area contributed by atoms with Crippen molar-refractivity contribution in [2.75, 3.05) is 11.8 Å². The highest BCUT2D eigenvalue weighted by atomic mass is 35.5. The van der Waals surface area contributed by atoms with E-state index in [2.05, 4.69) is 9.71 Å². The summed E-state index contributed by atoms with van der Waals surface area (Å²) in [5, 5.41) is 0.404. The molecule has 0 aliphatic rings. The van der Waals surface area contributed by atoms with Crippen molar-refractivity contribution in [1.29, 1.82) is 0 Å². The SMILES string of the molecule is COc1ccc(S(=O)(=O)Nc2ccnc(Cl)c2)cc1Cl. The third-order valence-corrected chi connectivity index (χ3v) is 4.29. The van der Waals surface area contributed by atoms with Gasteiger partial charge in [-0.2, -0.15) is 0 Å². The van der Waals surface area contributed by atoms with Crippen LogP contribution in [0.4, 0.5) is 5.69 Å². The van der Waals surface area contributed by atoms with Crippen LogP contribution in [-0.2, 0) is 10.0 Å². The molecule has 0 saturated heterocycles. The van der Waals surface area contributed by atoms with Gasteiger partial charge in [0.1, 0.15) is 10.9 Å². The third-order valence-electron chi connectivity index (χ3n) is 2.41. The van der Waals surface area contributed by atoms with Crippen LogP contribution in [0.2, 0.25) is 10.2 Å². The van der Waals surface area contributed by atoms with Crippen molar-refractivity contribution in [2.45, 2.75) is 4.90 Å². The fourth-order valence-electron chi connectivity index (χ4n) is 1.49. The lowest BCUT2D eigenvalue weighted by Crippen LogP contribution is -2.13. The lowest BCUT2D eigenvalue weighted by molar-refractivity contribution is 0.414. The number of benzene rings is 1. The first-order chi connectivity index (χ1) is 9.42. The maximum absolute atomic E-state index is 12.2. The van der Waals surface area contributed by atoms with Crippen LogP contribution in [0.25, 0.3) is 0 Å². The molecule has 20 heavy (non-hydrogen) atoms. The highest BCUT2D eigenvalue weighted by molar-refractivity contribution is 7.92. The number of ether oxygens (including phenoxy) is 1. The van der Waals surface area contributed by atoms with Crippen LogP contribution >= 0.6 is 23.2 Å². The van der Waals surface area contributed by atoms with E-state index in [1.165, 1.54) is 43.6 Å². The molecule has 2 rings (SSSR count). The van der Waals surface area contributed by atoms with Gasteiger partial charge in [0.2, 0.25) is 0 Å². The summed E-state index contributed by atoms with van der Waals surface area (Å²) in [6.07, 6.45) is 1.40. The zero-order chi connectivity index (χ0) is 14.8. The van der Waals surface area contributed by atoms with Crippen LogP contribution in [0.3, 0.4) is 0 Å². The van der Waals surface area contributed by atoms with Crippen molar-refractivity contribution in [2.24, 2.45) is 0 Å². The predicted octanol–water partition coefficient (Wildman–Crippen LogP) is 3.20. The smallest absolute Gasteiger partial charge is 0.261 e. The van der Waals surface area contributed by atoms with E-state index < -0.39 is 10.0 Å². The molecule has 0 aliphatic heterocycles. The van der Waals surface area contributed by atoms with Gasteiger partial charge in [0.05, 0.1) is 22.7 Å². The van der Waals surface area contributed by atoms with Crippen molar-refractivity contribution in [3.63, 3.8) is 0 Å². The molecule has 0 aliphatic carbocycles. The standard InChI is InChI=1S/C12H10Cl2N2O3S/c1-19-11-3-2-9(7-10(11)13)20(17,18)16-8-4-5-15-12(14)6-8/h2-7H,1H3,(H,15,16). The number of halogens is 2. The number of nitrogens with one attached hydrogen (secondary N) is 1. The summed E-state index contributed by atoms with van der Waals surface area (Å²) < 4.78 is 31.7. The Balaban J connectivity index is 2.33. The van der Waals surface area contributed by atoms with Crippen molar-refractivity contribution >= 4 is 38.9 Å². The summed E-state index contributed by atoms with van der Waals surface area (Å²) in [6.45, 7) is 0. The van der Waals surface area contributed by atoms with Crippen molar-refractivity contribution in [3.05, 3.63) is 46.7 Å². The molecule has 0 fully saturated rings. The molecule has 0 amide bonds. The van der Waals surface area contributed by atoms with Crippen LogP contribution in [0.5, 0.6) is 5.75 Å². The first-order valence-electron chi connectivity index (χ1n) is 5.40. The van der Waals surface area contributed by atoms with Gasteiger partial charge in [0.15, 0.2) is 0 Å². The topological polar surface area (TPSA) is 68.3 Å². The van der Waals surface area contributed by atoms with Gasteiger partial charge in [-0.05, 0) is 30.3 Å². The number of methoxy groups -OCH3 is 1. The maximum atomic E-state index is 12.2. The number of nitrogens with zero attached hydrogens (tertiary/aromatic N) is 1. The van der Waals surface area contributed by atoms with E-state index in [4.69, 9.17) is 27.9 Å². The third kappa shape index (κ3) is 3.33. The number of rotatable bonds is 4. The molecule has 5 nitrogen and oxygen atoms in total. The summed E-state index contributed by atoms with van der Waals surface area (Å²) >= 11 is 11.6. The summed E-state index contributed by atoms with van der Waals surface area (Å²) in [5.41, 5.74) is 0.317. The van der Waals surface area contributed by atoms with Gasteiger partial charge in [0, 0.05) is 6.20 Å². The number of pyridine rings is 1. The first-order valence-corrected chi connectivity index (χ1v) is 7.64. The van der Waals surface area contributed by atoms with Crippen LogP contribution in [-0.4, -0.2) is 20.5 Å². The van der Waals surface area contributed by atoms with Gasteiger partial charge in [0.25, 0.3) is 10.0 Å². The van der Waals surface area contributed by atoms with Gasteiger partial charge >= 0.3 is 0 Å². The Morgan fingerprint density at radius 2 is 1.95 bits per heavy atom.